The van der Waals surface area contributed by atoms with Crippen LogP contribution >= 0.6 is 0 Å². The van der Waals surface area contributed by atoms with Gasteiger partial charge >= 0.3 is 0 Å². The second-order valence-corrected chi connectivity index (χ2v) is 6.95. The molecular formula is C19H24N6. The number of likely N-dealkylation sites (tertiary alicyclic amines) is 1. The summed E-state index contributed by atoms with van der Waals surface area (Å²) in [7, 11) is 2.03. The average Bonchev–Trinajstić information content (AvgIpc) is 2.89. The van der Waals surface area contributed by atoms with Gasteiger partial charge in [0, 0.05) is 31.7 Å². The first kappa shape index (κ1) is 16.2. The van der Waals surface area contributed by atoms with Gasteiger partial charge in [-0.25, -0.2) is 4.98 Å². The zero-order chi connectivity index (χ0) is 17.4. The minimum absolute atomic E-state index is 0.287. The molecule has 130 valence electrons. The number of benzene rings is 1. The van der Waals surface area contributed by atoms with Gasteiger partial charge in [0.05, 0.1) is 34.8 Å². The molecule has 2 N–H and O–H groups in total. The fourth-order valence-electron chi connectivity index (χ4n) is 3.53. The van der Waals surface area contributed by atoms with E-state index in [0.717, 1.165) is 66.3 Å². The molecule has 0 aliphatic carbocycles. The van der Waals surface area contributed by atoms with Crippen LogP contribution in [0.4, 0.5) is 0 Å². The summed E-state index contributed by atoms with van der Waals surface area (Å²) >= 11 is 0. The van der Waals surface area contributed by atoms with Crippen molar-refractivity contribution in [3.63, 3.8) is 0 Å². The van der Waals surface area contributed by atoms with Gasteiger partial charge in [0.25, 0.3) is 0 Å². The Balaban J connectivity index is 1.53. The molecule has 0 saturated carbocycles. The van der Waals surface area contributed by atoms with Gasteiger partial charge in [0.1, 0.15) is 5.82 Å². The molecule has 0 bridgehead atoms. The first-order chi connectivity index (χ1) is 12.1. The van der Waals surface area contributed by atoms with E-state index in [9.17, 15) is 0 Å². The Morgan fingerprint density at radius 2 is 2.12 bits per heavy atom. The SMILES string of the molecule is Cc1nc2cc(-c3cnc(CN4CCCC(N)C4)cn3)ccc2n1C. The molecule has 1 fully saturated rings. The van der Waals surface area contributed by atoms with Gasteiger partial charge in [0.2, 0.25) is 0 Å². The van der Waals surface area contributed by atoms with E-state index in [1.807, 2.05) is 26.4 Å². The van der Waals surface area contributed by atoms with Crippen molar-refractivity contribution in [2.75, 3.05) is 13.1 Å². The third kappa shape index (κ3) is 3.27. The lowest BCUT2D eigenvalue weighted by atomic mass is 10.1. The number of imidazole rings is 1. The van der Waals surface area contributed by atoms with Crippen LogP contribution in [-0.2, 0) is 13.6 Å². The van der Waals surface area contributed by atoms with E-state index in [4.69, 9.17) is 5.73 Å². The lowest BCUT2D eigenvalue weighted by Gasteiger charge is -2.30. The number of nitrogens with zero attached hydrogens (tertiary/aromatic N) is 5. The highest BCUT2D eigenvalue weighted by Gasteiger charge is 2.17. The largest absolute Gasteiger partial charge is 0.331 e. The molecule has 1 aromatic carbocycles. The lowest BCUT2D eigenvalue weighted by molar-refractivity contribution is 0.199. The summed E-state index contributed by atoms with van der Waals surface area (Å²) in [6.07, 6.45) is 6.02. The molecule has 3 aromatic rings. The van der Waals surface area contributed by atoms with E-state index in [-0.39, 0.29) is 6.04 Å². The summed E-state index contributed by atoms with van der Waals surface area (Å²) in [6, 6.07) is 6.54. The van der Waals surface area contributed by atoms with Gasteiger partial charge in [-0.15, -0.1) is 0 Å². The number of rotatable bonds is 3. The Morgan fingerprint density at radius 1 is 1.24 bits per heavy atom. The predicted octanol–water partition coefficient (Wildman–Crippen LogP) is 2.26. The van der Waals surface area contributed by atoms with Crippen molar-refractivity contribution in [3.05, 3.63) is 42.1 Å². The van der Waals surface area contributed by atoms with Crippen LogP contribution in [0, 0.1) is 6.92 Å². The fourth-order valence-corrected chi connectivity index (χ4v) is 3.53. The van der Waals surface area contributed by atoms with Gasteiger partial charge in [-0.1, -0.05) is 6.07 Å². The van der Waals surface area contributed by atoms with Gasteiger partial charge in [-0.05, 0) is 38.4 Å². The Bertz CT molecular complexity index is 883. The van der Waals surface area contributed by atoms with Crippen molar-refractivity contribution in [3.8, 4) is 11.3 Å². The van der Waals surface area contributed by atoms with Crippen LogP contribution in [0.25, 0.3) is 22.3 Å². The average molecular weight is 336 g/mol. The number of nitrogens with two attached hydrogens (primary N) is 1. The van der Waals surface area contributed by atoms with Crippen molar-refractivity contribution in [1.82, 2.24) is 24.4 Å². The molecule has 2 aromatic heterocycles. The van der Waals surface area contributed by atoms with Crippen molar-refractivity contribution in [2.45, 2.75) is 32.4 Å². The monoisotopic (exact) mass is 336 g/mol. The molecule has 1 aliphatic heterocycles. The van der Waals surface area contributed by atoms with Gasteiger partial charge in [0.15, 0.2) is 0 Å². The maximum atomic E-state index is 6.05. The van der Waals surface area contributed by atoms with E-state index in [1.54, 1.807) is 0 Å². The zero-order valence-electron chi connectivity index (χ0n) is 14.8. The highest BCUT2D eigenvalue weighted by Crippen LogP contribution is 2.23. The number of hydrogen-bond acceptors (Lipinski definition) is 5. The molecule has 1 unspecified atom stereocenters. The number of aromatic nitrogens is 4. The number of aryl methyl sites for hydroxylation is 2. The Morgan fingerprint density at radius 3 is 2.88 bits per heavy atom. The highest BCUT2D eigenvalue weighted by atomic mass is 15.2. The van der Waals surface area contributed by atoms with Crippen LogP contribution in [0.3, 0.4) is 0 Å². The first-order valence-electron chi connectivity index (χ1n) is 8.82. The quantitative estimate of drug-likeness (QED) is 0.794. The molecule has 4 rings (SSSR count). The summed E-state index contributed by atoms with van der Waals surface area (Å²) in [5.41, 5.74) is 11.1. The maximum Gasteiger partial charge on any atom is 0.106 e. The van der Waals surface area contributed by atoms with Crippen molar-refractivity contribution in [1.29, 1.82) is 0 Å². The smallest absolute Gasteiger partial charge is 0.106 e. The van der Waals surface area contributed by atoms with Crippen LogP contribution in [0.2, 0.25) is 0 Å². The molecule has 0 radical (unpaired) electrons. The van der Waals surface area contributed by atoms with Crippen LogP contribution in [0.1, 0.15) is 24.4 Å². The standard InChI is InChI=1S/C19H24N6/c1-13-23-17-8-14(5-6-19(17)24(13)2)18-10-21-16(9-22-18)12-25-7-3-4-15(20)11-25/h5-6,8-10,15H,3-4,7,11-12,20H2,1-2H3. The van der Waals surface area contributed by atoms with E-state index < -0.39 is 0 Å². The molecule has 6 heteroatoms. The Labute approximate surface area is 147 Å². The molecular weight excluding hydrogens is 312 g/mol. The van der Waals surface area contributed by atoms with E-state index in [0.29, 0.717) is 0 Å². The van der Waals surface area contributed by atoms with Crippen LogP contribution in [0.5, 0.6) is 0 Å². The summed E-state index contributed by atoms with van der Waals surface area (Å²) < 4.78 is 2.09. The summed E-state index contributed by atoms with van der Waals surface area (Å²) in [4.78, 5) is 16.2. The lowest BCUT2D eigenvalue weighted by Crippen LogP contribution is -2.42. The number of fused-ring (bicyclic) bond motifs is 1. The molecule has 0 amide bonds. The Kier molecular flexibility index (Phi) is 4.23. The normalized spacial score (nSPS) is 18.8. The molecule has 1 atom stereocenters. The zero-order valence-corrected chi connectivity index (χ0v) is 14.8. The van der Waals surface area contributed by atoms with E-state index >= 15 is 0 Å². The number of hydrogen-bond donors (Lipinski definition) is 1. The van der Waals surface area contributed by atoms with Gasteiger partial charge in [-0.3, -0.25) is 14.9 Å². The molecule has 1 aliphatic rings. The van der Waals surface area contributed by atoms with E-state index in [2.05, 4.69) is 42.6 Å². The van der Waals surface area contributed by atoms with Crippen LogP contribution < -0.4 is 5.73 Å². The van der Waals surface area contributed by atoms with Gasteiger partial charge < -0.3 is 10.3 Å². The Hall–Kier alpha value is -2.31. The molecule has 3 heterocycles. The third-order valence-electron chi connectivity index (χ3n) is 5.03. The fraction of sp³-hybridized carbons (Fsp3) is 0.421. The highest BCUT2D eigenvalue weighted by molar-refractivity contribution is 5.81. The summed E-state index contributed by atoms with van der Waals surface area (Å²) in [6.45, 7) is 4.87. The molecule has 1 saturated heterocycles. The minimum atomic E-state index is 0.287. The topological polar surface area (TPSA) is 72.9 Å². The maximum absolute atomic E-state index is 6.05. The van der Waals surface area contributed by atoms with Crippen molar-refractivity contribution in [2.24, 2.45) is 12.8 Å². The minimum Gasteiger partial charge on any atom is -0.331 e. The summed E-state index contributed by atoms with van der Waals surface area (Å²) in [5, 5.41) is 0. The second-order valence-electron chi connectivity index (χ2n) is 6.95. The van der Waals surface area contributed by atoms with Crippen molar-refractivity contribution < 1.29 is 0 Å². The first-order valence-corrected chi connectivity index (χ1v) is 8.82. The number of piperidine rings is 1. The molecule has 0 spiro atoms. The predicted molar refractivity (Wildman–Crippen MR) is 99.0 cm³/mol. The molecule has 25 heavy (non-hydrogen) atoms. The van der Waals surface area contributed by atoms with Crippen molar-refractivity contribution >= 4 is 11.0 Å². The second kappa shape index (κ2) is 6.54. The third-order valence-corrected chi connectivity index (χ3v) is 5.03. The van der Waals surface area contributed by atoms with Crippen LogP contribution in [0.15, 0.2) is 30.6 Å². The van der Waals surface area contributed by atoms with Gasteiger partial charge in [-0.2, -0.15) is 0 Å². The summed E-state index contributed by atoms with van der Waals surface area (Å²) in [5.74, 6) is 1.01. The molecule has 6 nitrogen and oxygen atoms in total. The van der Waals surface area contributed by atoms with E-state index in [1.165, 1.54) is 0 Å². The van der Waals surface area contributed by atoms with Crippen LogP contribution in [-0.4, -0.2) is 43.6 Å².